The Morgan fingerprint density at radius 3 is 2.59 bits per heavy atom. The van der Waals surface area contributed by atoms with Gasteiger partial charge in [-0.3, -0.25) is 4.79 Å². The van der Waals surface area contributed by atoms with Crippen molar-refractivity contribution >= 4 is 20.7 Å². The first-order chi connectivity index (χ1) is 8.22. The minimum atomic E-state index is -0.0637. The zero-order chi connectivity index (χ0) is 12.5. The van der Waals surface area contributed by atoms with E-state index in [0.29, 0.717) is 13.0 Å². The molecule has 1 rings (SSSR count). The number of ether oxygens (including phenoxy) is 1. The van der Waals surface area contributed by atoms with Crippen molar-refractivity contribution in [1.82, 2.24) is 0 Å². The Morgan fingerprint density at radius 2 is 1.94 bits per heavy atom. The van der Waals surface area contributed by atoms with Crippen LogP contribution in [0.3, 0.4) is 0 Å². The van der Waals surface area contributed by atoms with Gasteiger partial charge in [-0.1, -0.05) is 47.5 Å². The lowest BCUT2D eigenvalue weighted by atomic mass is 10.2. The van der Waals surface area contributed by atoms with Crippen LogP contribution in [-0.2, 0) is 9.53 Å². The van der Waals surface area contributed by atoms with Crippen molar-refractivity contribution in [2.24, 2.45) is 0 Å². The van der Waals surface area contributed by atoms with Crippen LogP contribution < -0.4 is 5.19 Å². The number of rotatable bonds is 7. The molecule has 0 aliphatic rings. The first-order valence-corrected chi connectivity index (χ1v) is 7.39. The first kappa shape index (κ1) is 14.0. The Bertz CT molecular complexity index is 333. The van der Waals surface area contributed by atoms with Crippen LogP contribution in [0.15, 0.2) is 24.3 Å². The average molecular weight is 248 g/mol. The quantitative estimate of drug-likeness (QED) is 0.421. The van der Waals surface area contributed by atoms with Crippen LogP contribution in [0.25, 0.3) is 0 Å². The summed E-state index contributed by atoms with van der Waals surface area (Å²) >= 11 is 0. The minimum absolute atomic E-state index is 0.0637. The molecule has 0 aliphatic carbocycles. The Kier molecular flexibility index (Phi) is 6.63. The second kappa shape index (κ2) is 8.07. The van der Waals surface area contributed by atoms with Gasteiger partial charge in [0.25, 0.3) is 0 Å². The highest BCUT2D eigenvalue weighted by Gasteiger charge is 2.01. The molecule has 0 aliphatic heterocycles. The van der Waals surface area contributed by atoms with E-state index >= 15 is 0 Å². The van der Waals surface area contributed by atoms with E-state index in [1.807, 2.05) is 6.92 Å². The van der Waals surface area contributed by atoms with Gasteiger partial charge in [0, 0.05) is 6.42 Å². The van der Waals surface area contributed by atoms with Crippen LogP contribution in [0.2, 0.25) is 6.04 Å². The van der Waals surface area contributed by atoms with E-state index in [4.69, 9.17) is 4.74 Å². The van der Waals surface area contributed by atoms with Crippen LogP contribution in [0.4, 0.5) is 0 Å². The maximum Gasteiger partial charge on any atom is 0.305 e. The zero-order valence-corrected chi connectivity index (χ0v) is 11.7. The zero-order valence-electron chi connectivity index (χ0n) is 10.7. The molecule has 0 amide bonds. The highest BCUT2D eigenvalue weighted by atomic mass is 28.2. The van der Waals surface area contributed by atoms with Gasteiger partial charge in [0.15, 0.2) is 0 Å². The van der Waals surface area contributed by atoms with Crippen LogP contribution in [0.5, 0.6) is 0 Å². The molecule has 0 fully saturated rings. The van der Waals surface area contributed by atoms with E-state index in [-0.39, 0.29) is 5.97 Å². The molecule has 92 valence electrons. The summed E-state index contributed by atoms with van der Waals surface area (Å²) in [6, 6.07) is 9.86. The molecule has 0 unspecified atom stereocenters. The standard InChI is InChI=1S/C14H20O2Si/c1-3-16-14(15)6-4-5-11-17-13-9-7-12(2)8-10-13/h7-10H,3-6,11H2,1-2H3. The molecule has 17 heavy (non-hydrogen) atoms. The first-order valence-electron chi connectivity index (χ1n) is 6.18. The fourth-order valence-corrected chi connectivity index (χ4v) is 2.65. The van der Waals surface area contributed by atoms with Gasteiger partial charge in [-0.2, -0.15) is 0 Å². The predicted octanol–water partition coefficient (Wildman–Crippen LogP) is 2.48. The van der Waals surface area contributed by atoms with Crippen molar-refractivity contribution in [2.45, 2.75) is 39.2 Å². The summed E-state index contributed by atoms with van der Waals surface area (Å²) in [7, 11) is 0.853. The molecule has 3 heteroatoms. The van der Waals surface area contributed by atoms with Crippen LogP contribution >= 0.6 is 0 Å². The number of carbonyl (C=O) groups excluding carboxylic acids is 1. The molecule has 0 N–H and O–H groups in total. The molecule has 1 aromatic rings. The maximum atomic E-state index is 11.1. The number of benzene rings is 1. The average Bonchev–Trinajstić information content (AvgIpc) is 2.31. The Morgan fingerprint density at radius 1 is 1.24 bits per heavy atom. The Labute approximate surface area is 106 Å². The largest absolute Gasteiger partial charge is 0.466 e. The topological polar surface area (TPSA) is 26.3 Å². The second-order valence-corrected chi connectivity index (χ2v) is 5.49. The molecule has 0 atom stereocenters. The monoisotopic (exact) mass is 248 g/mol. The van der Waals surface area contributed by atoms with E-state index in [9.17, 15) is 4.79 Å². The lowest BCUT2D eigenvalue weighted by Gasteiger charge is -2.02. The van der Waals surface area contributed by atoms with Crippen LogP contribution in [0, 0.1) is 6.92 Å². The van der Waals surface area contributed by atoms with Crippen LogP contribution in [-0.4, -0.2) is 22.1 Å². The van der Waals surface area contributed by atoms with Gasteiger partial charge in [0.2, 0.25) is 0 Å². The molecule has 1 aromatic carbocycles. The Balaban J connectivity index is 2.08. The van der Waals surface area contributed by atoms with Gasteiger partial charge in [0.1, 0.15) is 0 Å². The van der Waals surface area contributed by atoms with Gasteiger partial charge >= 0.3 is 5.97 Å². The molecule has 0 heterocycles. The fraction of sp³-hybridized carbons (Fsp3) is 0.500. The van der Waals surface area contributed by atoms with E-state index in [1.165, 1.54) is 16.8 Å². The van der Waals surface area contributed by atoms with Crippen molar-refractivity contribution in [3.63, 3.8) is 0 Å². The van der Waals surface area contributed by atoms with E-state index in [2.05, 4.69) is 31.2 Å². The molecule has 2 nitrogen and oxygen atoms in total. The lowest BCUT2D eigenvalue weighted by molar-refractivity contribution is -0.143. The number of hydrogen-bond acceptors (Lipinski definition) is 2. The maximum absolute atomic E-state index is 11.1. The smallest absolute Gasteiger partial charge is 0.305 e. The molecule has 0 saturated heterocycles. The fourth-order valence-electron chi connectivity index (χ4n) is 1.53. The summed E-state index contributed by atoms with van der Waals surface area (Å²) in [6.07, 6.45) is 2.61. The van der Waals surface area contributed by atoms with Gasteiger partial charge in [-0.15, -0.1) is 0 Å². The van der Waals surface area contributed by atoms with E-state index in [0.717, 1.165) is 22.4 Å². The minimum Gasteiger partial charge on any atom is -0.466 e. The van der Waals surface area contributed by atoms with Gasteiger partial charge in [0.05, 0.1) is 16.1 Å². The van der Waals surface area contributed by atoms with E-state index in [1.54, 1.807) is 0 Å². The summed E-state index contributed by atoms with van der Waals surface area (Å²) in [5, 5.41) is 1.41. The van der Waals surface area contributed by atoms with Crippen molar-refractivity contribution < 1.29 is 9.53 Å². The van der Waals surface area contributed by atoms with Crippen molar-refractivity contribution in [2.75, 3.05) is 6.61 Å². The lowest BCUT2D eigenvalue weighted by Crippen LogP contribution is -2.13. The summed E-state index contributed by atoms with van der Waals surface area (Å²) in [5.41, 5.74) is 1.31. The van der Waals surface area contributed by atoms with Crippen LogP contribution in [0.1, 0.15) is 31.7 Å². The molecule has 0 spiro atoms. The molecular weight excluding hydrogens is 228 g/mol. The number of carbonyl (C=O) groups is 1. The van der Waals surface area contributed by atoms with Gasteiger partial charge < -0.3 is 4.74 Å². The number of aryl methyl sites for hydroxylation is 1. The Hall–Kier alpha value is -1.09. The highest BCUT2D eigenvalue weighted by Crippen LogP contribution is 2.02. The third-order valence-corrected chi connectivity index (χ3v) is 3.84. The molecule has 2 radical (unpaired) electrons. The molecule has 0 aromatic heterocycles. The predicted molar refractivity (Wildman–Crippen MR) is 71.9 cm³/mol. The summed E-state index contributed by atoms with van der Waals surface area (Å²) < 4.78 is 4.88. The van der Waals surface area contributed by atoms with Crippen molar-refractivity contribution in [1.29, 1.82) is 0 Å². The van der Waals surface area contributed by atoms with Gasteiger partial charge in [-0.25, -0.2) is 0 Å². The summed E-state index contributed by atoms with van der Waals surface area (Å²) in [5.74, 6) is -0.0637. The number of unbranched alkanes of at least 4 members (excludes halogenated alkanes) is 1. The van der Waals surface area contributed by atoms with E-state index < -0.39 is 0 Å². The third kappa shape index (κ3) is 6.27. The summed E-state index contributed by atoms with van der Waals surface area (Å²) in [4.78, 5) is 11.1. The molecule has 0 saturated carbocycles. The van der Waals surface area contributed by atoms with Gasteiger partial charge in [-0.05, 0) is 20.3 Å². The van der Waals surface area contributed by atoms with Crippen molar-refractivity contribution in [3.8, 4) is 0 Å². The normalized spacial score (nSPS) is 10.2. The van der Waals surface area contributed by atoms with Crippen molar-refractivity contribution in [3.05, 3.63) is 29.8 Å². The SMILES string of the molecule is CCOC(=O)CCCC[Si]c1ccc(C)cc1. The molecular formula is C14H20O2Si. The number of esters is 1. The third-order valence-electron chi connectivity index (χ3n) is 2.49. The number of hydrogen-bond donors (Lipinski definition) is 0. The summed E-state index contributed by atoms with van der Waals surface area (Å²) in [6.45, 7) is 4.44. The second-order valence-electron chi connectivity index (χ2n) is 4.05. The molecule has 0 bridgehead atoms. The highest BCUT2D eigenvalue weighted by molar-refractivity contribution is 6.53.